The van der Waals surface area contributed by atoms with E-state index in [1.807, 2.05) is 51.1 Å². The van der Waals surface area contributed by atoms with E-state index in [2.05, 4.69) is 15.1 Å². The van der Waals surface area contributed by atoms with E-state index < -0.39 is 11.7 Å². The molecule has 0 atom stereocenters. The van der Waals surface area contributed by atoms with Gasteiger partial charge in [0.15, 0.2) is 5.65 Å². The number of ether oxygens (including phenoxy) is 1. The van der Waals surface area contributed by atoms with E-state index in [9.17, 15) is 9.90 Å². The van der Waals surface area contributed by atoms with Gasteiger partial charge in [0.1, 0.15) is 11.4 Å². The van der Waals surface area contributed by atoms with Crippen LogP contribution in [-0.4, -0.2) is 36.5 Å². The molecule has 182 valence electrons. The van der Waals surface area contributed by atoms with Crippen molar-refractivity contribution in [3.63, 3.8) is 0 Å². The van der Waals surface area contributed by atoms with Crippen LogP contribution in [0.4, 0.5) is 16.3 Å². The number of aromatic nitrogens is 4. The van der Waals surface area contributed by atoms with Crippen LogP contribution in [-0.2, 0) is 24.4 Å². The van der Waals surface area contributed by atoms with Gasteiger partial charge in [-0.3, -0.25) is 4.90 Å². The number of amides is 1. The van der Waals surface area contributed by atoms with E-state index in [1.54, 1.807) is 34.0 Å². The molecular weight excluding hydrogens is 468 g/mol. The fourth-order valence-electron chi connectivity index (χ4n) is 3.65. The smallest absolute Gasteiger partial charge is 0.415 e. The second-order valence-electron chi connectivity index (χ2n) is 9.13. The predicted octanol–water partition coefficient (Wildman–Crippen LogP) is 4.54. The lowest BCUT2D eigenvalue weighted by Gasteiger charge is -2.28. The quantitative estimate of drug-likeness (QED) is 0.377. The van der Waals surface area contributed by atoms with E-state index in [1.165, 1.54) is 0 Å². The Balaban J connectivity index is 1.63. The van der Waals surface area contributed by atoms with Gasteiger partial charge in [-0.2, -0.15) is 10.1 Å². The maximum absolute atomic E-state index is 13.1. The molecule has 0 unspecified atom stereocenters. The molecule has 0 aliphatic rings. The topological polar surface area (TPSA) is 119 Å². The Labute approximate surface area is 208 Å². The van der Waals surface area contributed by atoms with E-state index in [0.717, 1.165) is 11.1 Å². The first-order valence-corrected chi connectivity index (χ1v) is 11.4. The Bertz CT molecular complexity index is 1370. The molecule has 0 bridgehead atoms. The van der Waals surface area contributed by atoms with Crippen molar-refractivity contribution in [3.05, 3.63) is 76.7 Å². The minimum atomic E-state index is -0.655. The van der Waals surface area contributed by atoms with E-state index in [0.29, 0.717) is 28.8 Å². The van der Waals surface area contributed by atoms with Crippen molar-refractivity contribution in [2.24, 2.45) is 0 Å². The number of aliphatic hydroxyl groups is 1. The van der Waals surface area contributed by atoms with Crippen LogP contribution in [0.15, 0.2) is 54.7 Å². The molecule has 0 spiro atoms. The summed E-state index contributed by atoms with van der Waals surface area (Å²) < 4.78 is 7.36. The summed E-state index contributed by atoms with van der Waals surface area (Å²) in [4.78, 5) is 22.9. The Morgan fingerprint density at radius 1 is 1.11 bits per heavy atom. The zero-order chi connectivity index (χ0) is 25.2. The number of nitrogen functional groups attached to an aromatic ring is 1. The molecule has 4 rings (SSSR count). The maximum atomic E-state index is 13.1. The molecule has 0 aliphatic carbocycles. The summed E-state index contributed by atoms with van der Waals surface area (Å²) in [7, 11) is 0. The molecular formula is C25H27ClN6O3. The third-order valence-electron chi connectivity index (χ3n) is 5.18. The molecule has 2 aromatic heterocycles. The maximum Gasteiger partial charge on any atom is 0.415 e. The lowest BCUT2D eigenvalue weighted by atomic mass is 10.1. The minimum absolute atomic E-state index is 0.0589. The molecule has 0 radical (unpaired) electrons. The van der Waals surface area contributed by atoms with Crippen LogP contribution in [0.3, 0.4) is 0 Å². The molecule has 2 aromatic carbocycles. The summed E-state index contributed by atoms with van der Waals surface area (Å²) in [5.74, 6) is 0.276. The number of aliphatic hydroxyl groups excluding tert-OH is 1. The Morgan fingerprint density at radius 2 is 1.83 bits per heavy atom. The molecule has 10 heteroatoms. The lowest BCUT2D eigenvalue weighted by molar-refractivity contribution is 0.0577. The average molecular weight is 495 g/mol. The van der Waals surface area contributed by atoms with Gasteiger partial charge in [-0.25, -0.2) is 14.5 Å². The summed E-state index contributed by atoms with van der Waals surface area (Å²) in [6.45, 7) is 6.05. The van der Waals surface area contributed by atoms with Gasteiger partial charge in [0.2, 0.25) is 5.28 Å². The first-order valence-electron chi connectivity index (χ1n) is 11.1. The van der Waals surface area contributed by atoms with Crippen LogP contribution < -0.4 is 10.6 Å². The molecule has 0 aliphatic heterocycles. The van der Waals surface area contributed by atoms with Crippen molar-refractivity contribution in [2.45, 2.75) is 46.1 Å². The number of nitrogens with zero attached hydrogens (tertiary/aromatic N) is 5. The normalized spacial score (nSPS) is 11.6. The first-order chi connectivity index (χ1) is 16.6. The van der Waals surface area contributed by atoms with Crippen molar-refractivity contribution >= 4 is 40.2 Å². The fourth-order valence-corrected chi connectivity index (χ4v) is 3.82. The number of hydrogen-bond donors (Lipinski definition) is 2. The summed E-state index contributed by atoms with van der Waals surface area (Å²) in [6.07, 6.45) is 1.14. The van der Waals surface area contributed by atoms with Crippen molar-refractivity contribution in [2.75, 3.05) is 10.6 Å². The molecule has 1 amide bonds. The van der Waals surface area contributed by atoms with Crippen molar-refractivity contribution < 1.29 is 14.6 Å². The van der Waals surface area contributed by atoms with Gasteiger partial charge in [-0.05, 0) is 61.2 Å². The number of carbonyl (C=O) groups is 1. The predicted molar refractivity (Wildman–Crippen MR) is 135 cm³/mol. The van der Waals surface area contributed by atoms with E-state index in [4.69, 9.17) is 22.1 Å². The second-order valence-corrected chi connectivity index (χ2v) is 9.47. The van der Waals surface area contributed by atoms with Crippen molar-refractivity contribution in [1.82, 2.24) is 19.7 Å². The molecule has 3 N–H and O–H groups in total. The van der Waals surface area contributed by atoms with E-state index in [-0.39, 0.29) is 24.3 Å². The number of fused-ring (bicyclic) bond motifs is 1. The highest BCUT2D eigenvalue weighted by Gasteiger charge is 2.24. The number of nitrogens with two attached hydrogens (primary N) is 1. The van der Waals surface area contributed by atoms with Gasteiger partial charge in [-0.15, -0.1) is 0 Å². The summed E-state index contributed by atoms with van der Waals surface area (Å²) in [5.41, 5.74) is 9.01. The first kappa shape index (κ1) is 24.4. The van der Waals surface area contributed by atoms with Gasteiger partial charge in [0, 0.05) is 5.69 Å². The molecule has 9 nitrogen and oxygen atoms in total. The highest BCUT2D eigenvalue weighted by Crippen LogP contribution is 2.24. The summed E-state index contributed by atoms with van der Waals surface area (Å²) in [5, 5.41) is 14.6. The monoisotopic (exact) mass is 494 g/mol. The zero-order valence-corrected chi connectivity index (χ0v) is 20.5. The third-order valence-corrected chi connectivity index (χ3v) is 5.35. The van der Waals surface area contributed by atoms with Gasteiger partial charge >= 0.3 is 6.09 Å². The number of rotatable bonds is 6. The molecule has 2 heterocycles. The van der Waals surface area contributed by atoms with Crippen molar-refractivity contribution in [3.8, 4) is 0 Å². The molecule has 0 saturated heterocycles. The fraction of sp³-hybridized carbons (Fsp3) is 0.280. The third kappa shape index (κ3) is 5.87. The highest BCUT2D eigenvalue weighted by molar-refractivity contribution is 6.28. The van der Waals surface area contributed by atoms with Gasteiger partial charge in [0.25, 0.3) is 0 Å². The van der Waals surface area contributed by atoms with Crippen LogP contribution in [0.2, 0.25) is 5.28 Å². The minimum Gasteiger partial charge on any atom is -0.443 e. The van der Waals surface area contributed by atoms with Crippen LogP contribution >= 0.6 is 11.6 Å². The van der Waals surface area contributed by atoms with E-state index >= 15 is 0 Å². The molecule has 0 saturated carbocycles. The largest absolute Gasteiger partial charge is 0.443 e. The van der Waals surface area contributed by atoms with Gasteiger partial charge < -0.3 is 15.6 Å². The lowest BCUT2D eigenvalue weighted by Crippen LogP contribution is -2.36. The average Bonchev–Trinajstić information content (AvgIpc) is 3.19. The van der Waals surface area contributed by atoms with Gasteiger partial charge in [-0.1, -0.05) is 36.4 Å². The standard InChI is InChI=1S/C25H27ClN6O3/c1-25(2,3)35-24(34)31(19-9-5-8-18(11-19)15-33)13-16-6-4-7-17(10-16)14-32-22-20(12-28-32)21(27)29-23(26)30-22/h4-12,33H,13-15H2,1-3H3,(H2,27,29,30). The number of halogens is 1. The van der Waals surface area contributed by atoms with Crippen LogP contribution in [0, 0.1) is 0 Å². The zero-order valence-electron chi connectivity index (χ0n) is 19.8. The summed E-state index contributed by atoms with van der Waals surface area (Å²) >= 11 is 5.99. The Morgan fingerprint density at radius 3 is 2.57 bits per heavy atom. The molecule has 35 heavy (non-hydrogen) atoms. The SMILES string of the molecule is CC(C)(C)OC(=O)N(Cc1cccc(Cn2ncc3c(N)nc(Cl)nc32)c1)c1cccc(CO)c1. The number of benzene rings is 2. The second kappa shape index (κ2) is 9.89. The Kier molecular flexibility index (Phi) is 6.90. The van der Waals surface area contributed by atoms with Crippen molar-refractivity contribution in [1.29, 1.82) is 0 Å². The number of carbonyl (C=O) groups excluding carboxylic acids is 1. The van der Waals surface area contributed by atoms with Crippen LogP contribution in [0.5, 0.6) is 0 Å². The van der Waals surface area contributed by atoms with Crippen LogP contribution in [0.25, 0.3) is 11.0 Å². The van der Waals surface area contributed by atoms with Crippen LogP contribution in [0.1, 0.15) is 37.5 Å². The highest BCUT2D eigenvalue weighted by atomic mass is 35.5. The molecule has 4 aromatic rings. The molecule has 0 fully saturated rings. The number of hydrogen-bond acceptors (Lipinski definition) is 7. The van der Waals surface area contributed by atoms with Gasteiger partial charge in [0.05, 0.1) is 31.3 Å². The number of anilines is 2. The Hall–Kier alpha value is -3.69. The summed E-state index contributed by atoms with van der Waals surface area (Å²) in [6, 6.07) is 15.0.